The first-order valence-electron chi connectivity index (χ1n) is 5.16. The van der Waals surface area contributed by atoms with Crippen LogP contribution in [-0.4, -0.2) is 16.6 Å². The molecule has 1 atom stereocenters. The molecule has 0 saturated heterocycles. The Morgan fingerprint density at radius 2 is 2.29 bits per heavy atom. The minimum absolute atomic E-state index is 0.430. The molecule has 0 saturated carbocycles. The highest BCUT2D eigenvalue weighted by Gasteiger charge is 2.18. The quantitative estimate of drug-likeness (QED) is 0.749. The predicted molar refractivity (Wildman–Crippen MR) is 54.9 cm³/mol. The highest BCUT2D eigenvalue weighted by atomic mass is 16.3. The molecule has 0 bridgehead atoms. The summed E-state index contributed by atoms with van der Waals surface area (Å²) in [7, 11) is 0. The van der Waals surface area contributed by atoms with E-state index in [1.807, 2.05) is 6.20 Å². The second-order valence-electron chi connectivity index (χ2n) is 3.81. The van der Waals surface area contributed by atoms with E-state index in [1.54, 1.807) is 6.20 Å². The van der Waals surface area contributed by atoms with E-state index in [1.165, 1.54) is 17.5 Å². The number of aliphatic hydroxyl groups excluding tert-OH is 1. The van der Waals surface area contributed by atoms with Crippen LogP contribution in [0.1, 0.15) is 35.6 Å². The van der Waals surface area contributed by atoms with Crippen molar-refractivity contribution < 1.29 is 5.11 Å². The molecule has 1 aromatic rings. The number of aliphatic hydroxyl groups is 1. The van der Waals surface area contributed by atoms with Gasteiger partial charge in [-0.15, -0.1) is 0 Å². The number of nitrogens with zero attached hydrogens (tertiary/aromatic N) is 1. The number of hydrogen-bond donors (Lipinski definition) is 2. The van der Waals surface area contributed by atoms with Crippen LogP contribution in [0.3, 0.4) is 0 Å². The Kier molecular flexibility index (Phi) is 2.79. The molecule has 76 valence electrons. The lowest BCUT2D eigenvalue weighted by Crippen LogP contribution is -2.09. The number of aromatic nitrogens is 1. The number of fused-ring (bicyclic) bond motifs is 1. The van der Waals surface area contributed by atoms with Crippen LogP contribution >= 0.6 is 0 Å². The van der Waals surface area contributed by atoms with Crippen molar-refractivity contribution in [3.8, 4) is 0 Å². The maximum absolute atomic E-state index is 9.86. The molecule has 0 aliphatic heterocycles. The molecule has 2 rings (SSSR count). The number of pyridine rings is 1. The second kappa shape index (κ2) is 4.07. The fourth-order valence-electron chi connectivity index (χ4n) is 2.13. The molecule has 3 nitrogen and oxygen atoms in total. The van der Waals surface area contributed by atoms with E-state index in [0.29, 0.717) is 13.0 Å². The first kappa shape index (κ1) is 9.62. The van der Waals surface area contributed by atoms with Gasteiger partial charge in [-0.05, 0) is 43.4 Å². The molecule has 0 aromatic carbocycles. The van der Waals surface area contributed by atoms with E-state index in [0.717, 1.165) is 18.4 Å². The van der Waals surface area contributed by atoms with Gasteiger partial charge in [0.05, 0.1) is 6.10 Å². The van der Waals surface area contributed by atoms with Gasteiger partial charge in [0.2, 0.25) is 0 Å². The van der Waals surface area contributed by atoms with E-state index in [9.17, 15) is 5.11 Å². The summed E-state index contributed by atoms with van der Waals surface area (Å²) in [6, 6.07) is 0. The summed E-state index contributed by atoms with van der Waals surface area (Å²) in [4.78, 5) is 4.16. The van der Waals surface area contributed by atoms with Gasteiger partial charge < -0.3 is 10.8 Å². The lowest BCUT2D eigenvalue weighted by molar-refractivity contribution is 0.169. The van der Waals surface area contributed by atoms with Crippen LogP contribution in [-0.2, 0) is 12.8 Å². The van der Waals surface area contributed by atoms with Crippen LogP contribution < -0.4 is 5.73 Å². The van der Waals surface area contributed by atoms with Crippen molar-refractivity contribution in [2.45, 2.75) is 31.8 Å². The number of hydrogen-bond acceptors (Lipinski definition) is 3. The van der Waals surface area contributed by atoms with E-state index in [-0.39, 0.29) is 0 Å². The Balaban J connectivity index is 2.29. The molecular formula is C11H16N2O. The summed E-state index contributed by atoms with van der Waals surface area (Å²) in [5.41, 5.74) is 9.03. The van der Waals surface area contributed by atoms with Crippen molar-refractivity contribution in [1.29, 1.82) is 0 Å². The van der Waals surface area contributed by atoms with Gasteiger partial charge in [0, 0.05) is 18.0 Å². The second-order valence-corrected chi connectivity index (χ2v) is 3.81. The zero-order chi connectivity index (χ0) is 9.97. The van der Waals surface area contributed by atoms with E-state index in [2.05, 4.69) is 4.98 Å². The summed E-state index contributed by atoms with van der Waals surface area (Å²) >= 11 is 0. The lowest BCUT2D eigenvalue weighted by atomic mass is 10.0. The number of rotatable bonds is 3. The molecule has 0 radical (unpaired) electrons. The van der Waals surface area contributed by atoms with Gasteiger partial charge in [-0.1, -0.05) is 0 Å². The van der Waals surface area contributed by atoms with Crippen molar-refractivity contribution in [3.63, 3.8) is 0 Å². The van der Waals surface area contributed by atoms with Gasteiger partial charge in [-0.2, -0.15) is 0 Å². The van der Waals surface area contributed by atoms with Crippen molar-refractivity contribution in [3.05, 3.63) is 29.1 Å². The minimum Gasteiger partial charge on any atom is -0.388 e. The normalized spacial score (nSPS) is 16.7. The van der Waals surface area contributed by atoms with E-state index >= 15 is 0 Å². The standard InChI is InChI=1S/C11H16N2O/c12-5-4-11(14)10-7-13-6-8-2-1-3-9(8)10/h6-7,11,14H,1-5,12H2. The summed E-state index contributed by atoms with van der Waals surface area (Å²) in [5.74, 6) is 0. The van der Waals surface area contributed by atoms with Crippen LogP contribution in [0.15, 0.2) is 12.4 Å². The van der Waals surface area contributed by atoms with Gasteiger partial charge in [0.25, 0.3) is 0 Å². The van der Waals surface area contributed by atoms with Gasteiger partial charge in [0.15, 0.2) is 0 Å². The Hall–Kier alpha value is -0.930. The molecule has 1 aliphatic carbocycles. The van der Waals surface area contributed by atoms with Crippen LogP contribution in [0, 0.1) is 0 Å². The lowest BCUT2D eigenvalue weighted by Gasteiger charge is -2.13. The Morgan fingerprint density at radius 1 is 1.43 bits per heavy atom. The average molecular weight is 192 g/mol. The third-order valence-corrected chi connectivity index (χ3v) is 2.85. The van der Waals surface area contributed by atoms with Crippen molar-refractivity contribution in [2.24, 2.45) is 5.73 Å². The monoisotopic (exact) mass is 192 g/mol. The Morgan fingerprint density at radius 3 is 3.07 bits per heavy atom. The first-order chi connectivity index (χ1) is 6.83. The molecule has 0 spiro atoms. The molecule has 14 heavy (non-hydrogen) atoms. The maximum atomic E-state index is 9.86. The molecule has 1 aromatic heterocycles. The summed E-state index contributed by atoms with van der Waals surface area (Å²) in [6.45, 7) is 0.519. The zero-order valence-corrected chi connectivity index (χ0v) is 8.24. The molecule has 1 aliphatic rings. The van der Waals surface area contributed by atoms with Crippen LogP contribution in [0.25, 0.3) is 0 Å². The smallest absolute Gasteiger partial charge is 0.0819 e. The summed E-state index contributed by atoms with van der Waals surface area (Å²) < 4.78 is 0. The highest BCUT2D eigenvalue weighted by molar-refractivity contribution is 5.36. The molecular weight excluding hydrogens is 176 g/mol. The number of nitrogens with two attached hydrogens (primary N) is 1. The molecule has 0 amide bonds. The molecule has 1 unspecified atom stereocenters. The minimum atomic E-state index is -0.430. The molecule has 3 heteroatoms. The van der Waals surface area contributed by atoms with Gasteiger partial charge in [-0.3, -0.25) is 4.98 Å². The third kappa shape index (κ3) is 1.65. The first-order valence-corrected chi connectivity index (χ1v) is 5.16. The Labute approximate surface area is 84.0 Å². The topological polar surface area (TPSA) is 59.1 Å². The SMILES string of the molecule is NCCC(O)c1cncc2c1CCC2. The van der Waals surface area contributed by atoms with Gasteiger partial charge in [-0.25, -0.2) is 0 Å². The van der Waals surface area contributed by atoms with Crippen LogP contribution in [0.4, 0.5) is 0 Å². The average Bonchev–Trinajstić information content (AvgIpc) is 2.65. The predicted octanol–water partition coefficient (Wildman–Crippen LogP) is 0.953. The summed E-state index contributed by atoms with van der Waals surface area (Å²) in [6.07, 6.45) is 7.26. The molecule has 1 heterocycles. The van der Waals surface area contributed by atoms with Crippen molar-refractivity contribution in [2.75, 3.05) is 6.54 Å². The van der Waals surface area contributed by atoms with Crippen molar-refractivity contribution >= 4 is 0 Å². The maximum Gasteiger partial charge on any atom is 0.0819 e. The summed E-state index contributed by atoms with van der Waals surface area (Å²) in [5, 5.41) is 9.86. The highest BCUT2D eigenvalue weighted by Crippen LogP contribution is 2.28. The third-order valence-electron chi connectivity index (χ3n) is 2.85. The fourth-order valence-corrected chi connectivity index (χ4v) is 2.13. The molecule has 3 N–H and O–H groups in total. The van der Waals surface area contributed by atoms with Gasteiger partial charge >= 0.3 is 0 Å². The van der Waals surface area contributed by atoms with E-state index in [4.69, 9.17) is 5.73 Å². The number of aryl methyl sites for hydroxylation is 1. The van der Waals surface area contributed by atoms with Crippen LogP contribution in [0.5, 0.6) is 0 Å². The Bertz CT molecular complexity index is 325. The fraction of sp³-hybridized carbons (Fsp3) is 0.545. The van der Waals surface area contributed by atoms with E-state index < -0.39 is 6.10 Å². The van der Waals surface area contributed by atoms with Gasteiger partial charge in [0.1, 0.15) is 0 Å². The van der Waals surface area contributed by atoms with Crippen molar-refractivity contribution in [1.82, 2.24) is 4.98 Å². The largest absolute Gasteiger partial charge is 0.388 e. The van der Waals surface area contributed by atoms with Crippen LogP contribution in [0.2, 0.25) is 0 Å². The molecule has 0 fully saturated rings. The zero-order valence-electron chi connectivity index (χ0n) is 8.24.